The number of hydrogen-bond acceptors (Lipinski definition) is 10. The zero-order valence-corrected chi connectivity index (χ0v) is 72.3. The summed E-state index contributed by atoms with van der Waals surface area (Å²) < 4.78 is 39.3. The van der Waals surface area contributed by atoms with Crippen molar-refractivity contribution < 1.29 is 47.6 Å². The first-order valence-electron chi connectivity index (χ1n) is 47.0. The maximum Gasteiger partial charge on any atom is 0.333 e. The third-order valence-corrected chi connectivity index (χ3v) is 21.3. The highest BCUT2D eigenvalue weighted by molar-refractivity contribution is 5.97. The zero-order chi connectivity index (χ0) is 79.2. The lowest BCUT2D eigenvalue weighted by Crippen LogP contribution is -2.47. The van der Waals surface area contributed by atoms with Crippen molar-refractivity contribution >= 4 is 23.9 Å². The van der Waals surface area contributed by atoms with Gasteiger partial charge in [0.05, 0.1) is 39.6 Å². The van der Waals surface area contributed by atoms with Crippen molar-refractivity contribution in [2.45, 2.75) is 452 Å². The molecule has 0 fully saturated rings. The fraction of sp³-hybridized carbons (Fsp3) is 0.830. The van der Waals surface area contributed by atoms with Crippen LogP contribution in [0.2, 0.25) is 0 Å². The normalized spacial score (nSPS) is 11.2. The summed E-state index contributed by atoms with van der Waals surface area (Å²) in [6, 6.07) is 5.88. The maximum absolute atomic E-state index is 13.9. The molecule has 6 amide bonds. The molecule has 2 aromatic rings. The van der Waals surface area contributed by atoms with E-state index in [1.807, 2.05) is 0 Å². The van der Waals surface area contributed by atoms with Crippen molar-refractivity contribution in [2.24, 2.45) is 0 Å². The molecule has 110 heavy (non-hydrogen) atoms. The van der Waals surface area contributed by atoms with E-state index in [0.717, 1.165) is 89.9 Å². The van der Waals surface area contributed by atoms with Crippen LogP contribution in [0.3, 0.4) is 0 Å². The number of amides is 6. The second-order valence-electron chi connectivity index (χ2n) is 31.9. The Balaban J connectivity index is 2.06. The van der Waals surface area contributed by atoms with Crippen LogP contribution in [-0.4, -0.2) is 76.6 Å². The minimum Gasteiger partial charge on any atom is -0.490 e. The summed E-state index contributed by atoms with van der Waals surface area (Å²) in [5.41, 5.74) is 11.0. The van der Waals surface area contributed by atoms with Gasteiger partial charge in [0, 0.05) is 24.2 Å². The number of benzene rings is 2. The quantitative estimate of drug-likeness (QED) is 0.0274. The monoisotopic (exact) mass is 1550 g/mol. The number of carbonyl (C=O) groups is 4. The predicted molar refractivity (Wildman–Crippen MR) is 463 cm³/mol. The van der Waals surface area contributed by atoms with Gasteiger partial charge in [-0.3, -0.25) is 20.4 Å². The lowest BCUT2D eigenvalue weighted by atomic mass is 10.1. The van der Waals surface area contributed by atoms with E-state index >= 15 is 0 Å². The van der Waals surface area contributed by atoms with Crippen molar-refractivity contribution in [3.05, 3.63) is 35.4 Å². The fourth-order valence-electron chi connectivity index (χ4n) is 14.2. The van der Waals surface area contributed by atoms with Gasteiger partial charge in [0.1, 0.15) is 0 Å². The number of nitrogens with one attached hydrogen (secondary N) is 6. The van der Waals surface area contributed by atoms with Gasteiger partial charge in [-0.25, -0.2) is 20.4 Å². The van der Waals surface area contributed by atoms with Crippen molar-refractivity contribution in [1.82, 2.24) is 32.3 Å². The van der Waals surface area contributed by atoms with Gasteiger partial charge in [0.2, 0.25) is 11.5 Å². The van der Waals surface area contributed by atoms with Crippen LogP contribution in [0.25, 0.3) is 0 Å². The SMILES string of the molecule is CCCCCCCCCCCCOc1cc(C(=O)NNC(=O)NCCCCCCNC(=O)NNC(=O)c2cc(OCCCCCCCCCCCC)c(OCCCCCCCCCCCC)c(OCCCCCCCCCCCC)c2)cc(OCCCCCCCCCCCC)c1OCCCCCCCCCCCC. The predicted octanol–water partition coefficient (Wildman–Crippen LogP) is 27.6. The molecule has 0 atom stereocenters. The van der Waals surface area contributed by atoms with Gasteiger partial charge in [0.15, 0.2) is 23.0 Å². The molecular weight excluding hydrogens is 1370 g/mol. The number of hydrogen-bond donors (Lipinski definition) is 6. The molecule has 0 aliphatic carbocycles. The van der Waals surface area contributed by atoms with Crippen molar-refractivity contribution in [2.75, 3.05) is 52.7 Å². The van der Waals surface area contributed by atoms with Crippen LogP contribution >= 0.6 is 0 Å². The molecule has 16 nitrogen and oxygen atoms in total. The third kappa shape index (κ3) is 59.4. The summed E-state index contributed by atoms with van der Waals surface area (Å²) in [7, 11) is 0. The van der Waals surface area contributed by atoms with E-state index in [2.05, 4.69) is 73.9 Å². The number of ether oxygens (including phenoxy) is 6. The highest BCUT2D eigenvalue weighted by Gasteiger charge is 2.22. The number of unbranched alkanes of at least 4 members (excludes halogenated alkanes) is 57. The van der Waals surface area contributed by atoms with Crippen LogP contribution < -0.4 is 60.8 Å². The van der Waals surface area contributed by atoms with E-state index in [1.54, 1.807) is 24.3 Å². The molecule has 0 aliphatic rings. The molecule has 0 radical (unpaired) electrons. The number of rotatable bonds is 81. The summed E-state index contributed by atoms with van der Waals surface area (Å²) >= 11 is 0. The van der Waals surface area contributed by atoms with Gasteiger partial charge in [-0.2, -0.15) is 0 Å². The van der Waals surface area contributed by atoms with Crippen molar-refractivity contribution in [1.29, 1.82) is 0 Å². The van der Waals surface area contributed by atoms with Crippen LogP contribution in [0.15, 0.2) is 24.3 Å². The van der Waals surface area contributed by atoms with E-state index in [0.29, 0.717) is 111 Å². The van der Waals surface area contributed by atoms with Crippen LogP contribution in [0, 0.1) is 0 Å². The van der Waals surface area contributed by atoms with Crippen LogP contribution in [0.1, 0.15) is 473 Å². The van der Waals surface area contributed by atoms with Gasteiger partial charge in [-0.05, 0) is 75.6 Å². The van der Waals surface area contributed by atoms with Gasteiger partial charge < -0.3 is 39.1 Å². The fourth-order valence-corrected chi connectivity index (χ4v) is 14.2. The first kappa shape index (κ1) is 101. The molecule has 16 heteroatoms. The molecule has 2 rings (SSSR count). The maximum atomic E-state index is 13.9. The lowest BCUT2D eigenvalue weighted by molar-refractivity contribution is 0.0928. The van der Waals surface area contributed by atoms with Crippen molar-refractivity contribution in [3.63, 3.8) is 0 Å². The largest absolute Gasteiger partial charge is 0.490 e. The molecule has 0 heterocycles. The Kier molecular flexibility index (Phi) is 71.1. The average Bonchev–Trinajstić information content (AvgIpc) is 0.822. The average molecular weight is 1550 g/mol. The summed E-state index contributed by atoms with van der Waals surface area (Å²) in [6.45, 7) is 17.4. The number of hydrazine groups is 2. The van der Waals surface area contributed by atoms with E-state index in [1.165, 1.54) is 308 Å². The van der Waals surface area contributed by atoms with Crippen LogP contribution in [0.4, 0.5) is 9.59 Å². The second kappa shape index (κ2) is 77.6. The molecule has 0 aromatic heterocycles. The molecule has 0 saturated carbocycles. The Labute approximate surface area is 675 Å². The van der Waals surface area contributed by atoms with Gasteiger partial charge >= 0.3 is 12.1 Å². The lowest BCUT2D eigenvalue weighted by Gasteiger charge is -2.19. The first-order chi connectivity index (χ1) is 54.2. The van der Waals surface area contributed by atoms with Crippen LogP contribution in [-0.2, 0) is 0 Å². The second-order valence-corrected chi connectivity index (χ2v) is 31.9. The van der Waals surface area contributed by atoms with Gasteiger partial charge in [-0.1, -0.05) is 401 Å². The van der Waals surface area contributed by atoms with E-state index in [4.69, 9.17) is 28.4 Å². The highest BCUT2D eigenvalue weighted by atomic mass is 16.5. The number of carbonyl (C=O) groups excluding carboxylic acids is 4. The zero-order valence-electron chi connectivity index (χ0n) is 72.3. The molecule has 2 aromatic carbocycles. The topological polar surface area (TPSA) is 196 Å². The smallest absolute Gasteiger partial charge is 0.333 e. The molecule has 0 bridgehead atoms. The Morgan fingerprint density at radius 1 is 0.209 bits per heavy atom. The summed E-state index contributed by atoms with van der Waals surface area (Å²) in [6.07, 6.45) is 76.6. The Morgan fingerprint density at radius 2 is 0.373 bits per heavy atom. The Hall–Kier alpha value is -5.28. The number of urea groups is 2. The minimum atomic E-state index is -0.518. The standard InChI is InChI=1S/C94H172N6O10/c1-7-13-19-25-31-37-43-49-57-65-73-105-85-79-83(80-86(106-74-66-58-50-44-38-32-26-20-14-8-2)89(85)109-77-69-61-53-47-41-35-29-23-17-11-5)91(101)97-99-93(103)95-71-63-55-56-64-72-96-94(104)100-98-92(102)84-81-87(107-75-67-59-51-45-39-33-27-21-15-9-3)90(110-78-70-62-54-48-42-36-30-24-18-12-6)88(82-84)108-76-68-60-52-46-40-34-28-22-16-10-4/h79-82H,7-78H2,1-6H3,(H,97,101)(H,98,102)(H2,95,99,103)(H2,96,100,104). The van der Waals surface area contributed by atoms with E-state index in [9.17, 15) is 19.2 Å². The van der Waals surface area contributed by atoms with Gasteiger partial charge in [0.25, 0.3) is 11.8 Å². The molecule has 0 spiro atoms. The van der Waals surface area contributed by atoms with Crippen molar-refractivity contribution in [3.8, 4) is 34.5 Å². The molecular formula is C94H172N6O10. The molecule has 638 valence electrons. The highest BCUT2D eigenvalue weighted by Crippen LogP contribution is 2.41. The molecule has 0 aliphatic heterocycles. The minimum absolute atomic E-state index is 0.311. The van der Waals surface area contributed by atoms with E-state index in [-0.39, 0.29) is 0 Å². The van der Waals surface area contributed by atoms with Gasteiger partial charge in [-0.15, -0.1) is 0 Å². The summed E-state index contributed by atoms with van der Waals surface area (Å²) in [5.74, 6) is 2.09. The van der Waals surface area contributed by atoms with E-state index < -0.39 is 23.9 Å². The summed E-state index contributed by atoms with van der Waals surface area (Å²) in [5, 5.41) is 5.73. The third-order valence-electron chi connectivity index (χ3n) is 21.3. The Bertz CT molecular complexity index is 2170. The van der Waals surface area contributed by atoms with Crippen LogP contribution in [0.5, 0.6) is 34.5 Å². The molecule has 0 unspecified atom stereocenters. The first-order valence-corrected chi connectivity index (χ1v) is 47.0. The molecule has 0 saturated heterocycles. The summed E-state index contributed by atoms with van der Waals surface area (Å²) in [4.78, 5) is 54.1. The Morgan fingerprint density at radius 3 is 0.564 bits per heavy atom. The molecule has 6 N–H and O–H groups in total.